The van der Waals surface area contributed by atoms with Crippen molar-refractivity contribution in [1.82, 2.24) is 5.32 Å². The highest BCUT2D eigenvalue weighted by molar-refractivity contribution is 6.66. The van der Waals surface area contributed by atoms with E-state index >= 15 is 0 Å². The summed E-state index contributed by atoms with van der Waals surface area (Å²) in [6.45, 7) is 11.2. The summed E-state index contributed by atoms with van der Waals surface area (Å²) in [5.41, 5.74) is 2.42. The van der Waals surface area contributed by atoms with E-state index in [1.807, 2.05) is 0 Å². The Morgan fingerprint density at radius 1 is 0.913 bits per heavy atom. The summed E-state index contributed by atoms with van der Waals surface area (Å²) >= 11 is 0. The largest absolute Gasteiger partial charge is 0.374 e. The molecule has 0 aromatic carbocycles. The molecule has 2 nitrogen and oxygen atoms in total. The highest BCUT2D eigenvalue weighted by Crippen LogP contribution is 2.04. The Kier molecular flexibility index (Phi) is 17.3. The molecule has 0 aliphatic rings. The number of unbranched alkanes of at least 4 members (excludes halogenated alkanes) is 8. The van der Waals surface area contributed by atoms with Gasteiger partial charge in [-0.3, -0.25) is 4.99 Å². The zero-order valence-electron chi connectivity index (χ0n) is 16.4. The lowest BCUT2D eigenvalue weighted by Crippen LogP contribution is -2.28. The quantitative estimate of drug-likeness (QED) is 0.171. The molecule has 0 rings (SSSR count). The van der Waals surface area contributed by atoms with Gasteiger partial charge in [-0.25, -0.2) is 0 Å². The van der Waals surface area contributed by atoms with Crippen LogP contribution < -0.4 is 5.32 Å². The van der Waals surface area contributed by atoms with E-state index in [4.69, 9.17) is 4.99 Å². The minimum Gasteiger partial charge on any atom is -0.374 e. The lowest BCUT2D eigenvalue weighted by atomic mass is 10.1. The van der Waals surface area contributed by atoms with E-state index in [2.05, 4.69) is 44.4 Å². The third-order valence-corrected chi connectivity index (χ3v) is 6.28. The van der Waals surface area contributed by atoms with Gasteiger partial charge < -0.3 is 5.32 Å². The molecule has 1 atom stereocenters. The van der Waals surface area contributed by atoms with Crippen molar-refractivity contribution < 1.29 is 0 Å². The van der Waals surface area contributed by atoms with Crippen molar-refractivity contribution >= 4 is 14.6 Å². The van der Waals surface area contributed by atoms with Gasteiger partial charge in [0.05, 0.1) is 14.6 Å². The Labute approximate surface area is 147 Å². The number of nitrogens with zero attached hydrogens (tertiary/aromatic N) is 1. The van der Waals surface area contributed by atoms with E-state index < -0.39 is 8.80 Å². The van der Waals surface area contributed by atoms with Gasteiger partial charge in [-0.1, -0.05) is 77.8 Å². The molecule has 0 heterocycles. The average Bonchev–Trinajstić information content (AvgIpc) is 2.53. The first kappa shape index (κ1) is 22.4. The molecule has 0 aromatic rings. The summed E-state index contributed by atoms with van der Waals surface area (Å²) < 4.78 is 0. The second kappa shape index (κ2) is 17.8. The van der Waals surface area contributed by atoms with E-state index in [-0.39, 0.29) is 0 Å². The molecule has 0 spiro atoms. The lowest BCUT2D eigenvalue weighted by molar-refractivity contribution is 0.621. The molecule has 23 heavy (non-hydrogen) atoms. The van der Waals surface area contributed by atoms with Gasteiger partial charge in [-0.2, -0.15) is 0 Å². The predicted octanol–water partition coefficient (Wildman–Crippen LogP) is 5.89. The summed E-state index contributed by atoms with van der Waals surface area (Å²) in [5, 5.41) is 3.64. The Bertz CT molecular complexity index is 300. The fraction of sp³-hybridized carbons (Fsp3) is 0.850. The zero-order chi connectivity index (χ0) is 17.2. The van der Waals surface area contributed by atoms with Crippen LogP contribution >= 0.6 is 0 Å². The molecule has 136 valence electrons. The predicted molar refractivity (Wildman–Crippen MR) is 110 cm³/mol. The molecule has 0 radical (unpaired) electrons. The van der Waals surface area contributed by atoms with E-state index in [1.54, 1.807) is 0 Å². The second-order valence-corrected chi connectivity index (χ2v) is 9.54. The third kappa shape index (κ3) is 16.1. The van der Waals surface area contributed by atoms with E-state index in [1.165, 1.54) is 76.1 Å². The third-order valence-electron chi connectivity index (χ3n) is 4.21. The van der Waals surface area contributed by atoms with Crippen molar-refractivity contribution in [3.63, 3.8) is 0 Å². The fourth-order valence-corrected chi connectivity index (χ4v) is 4.46. The lowest BCUT2D eigenvalue weighted by Gasteiger charge is -2.12. The first-order valence-electron chi connectivity index (χ1n) is 10.1. The van der Waals surface area contributed by atoms with Crippen LogP contribution in [0.1, 0.15) is 85.0 Å². The monoisotopic (exact) mass is 338 g/mol. The molecule has 0 amide bonds. The van der Waals surface area contributed by atoms with Crippen LogP contribution in [0, 0.1) is 0 Å². The van der Waals surface area contributed by atoms with Crippen LogP contribution in [0.5, 0.6) is 0 Å². The van der Waals surface area contributed by atoms with Crippen molar-refractivity contribution in [2.75, 3.05) is 13.1 Å². The van der Waals surface area contributed by atoms with Crippen molar-refractivity contribution in [1.29, 1.82) is 0 Å². The average molecular weight is 339 g/mol. The van der Waals surface area contributed by atoms with Gasteiger partial charge in [0.1, 0.15) is 0 Å². The second-order valence-electron chi connectivity index (χ2n) is 6.79. The van der Waals surface area contributed by atoms with Crippen molar-refractivity contribution in [2.24, 2.45) is 4.99 Å². The number of hydrogen-bond donors (Lipinski definition) is 1. The molecule has 0 aliphatic carbocycles. The Hall–Kier alpha value is -0.573. The molecule has 1 unspecified atom stereocenters. The molecule has 0 fully saturated rings. The van der Waals surface area contributed by atoms with Gasteiger partial charge in [-0.15, -0.1) is 5.70 Å². The van der Waals surface area contributed by atoms with Gasteiger partial charge in [0.2, 0.25) is 0 Å². The molecule has 0 saturated carbocycles. The number of rotatable bonds is 15. The van der Waals surface area contributed by atoms with Crippen LogP contribution in [0.3, 0.4) is 0 Å². The molecule has 3 heteroatoms. The van der Waals surface area contributed by atoms with Gasteiger partial charge in [0.25, 0.3) is 0 Å². The van der Waals surface area contributed by atoms with Crippen LogP contribution in [0.2, 0.25) is 12.6 Å². The van der Waals surface area contributed by atoms with E-state index in [9.17, 15) is 0 Å². The van der Waals surface area contributed by atoms with Crippen molar-refractivity contribution in [2.45, 2.75) is 97.6 Å². The van der Waals surface area contributed by atoms with Crippen LogP contribution in [0.25, 0.3) is 0 Å². The number of nitrogens with one attached hydrogen (secondary N) is 1. The number of allylic oxidation sites excluding steroid dienone is 1. The van der Waals surface area contributed by atoms with Gasteiger partial charge in [0.15, 0.2) is 0 Å². The maximum Gasteiger partial charge on any atom is 0.0936 e. The summed E-state index contributed by atoms with van der Waals surface area (Å²) in [6, 6.07) is 1.19. The topological polar surface area (TPSA) is 24.4 Å². The smallest absolute Gasteiger partial charge is 0.0936 e. The van der Waals surface area contributed by atoms with E-state index in [0.717, 1.165) is 13.1 Å². The summed E-state index contributed by atoms with van der Waals surface area (Å²) in [4.78, 5) is 4.88. The zero-order valence-corrected chi connectivity index (χ0v) is 17.5. The van der Waals surface area contributed by atoms with Gasteiger partial charge in [0, 0.05) is 19.1 Å². The maximum atomic E-state index is 4.88. The Morgan fingerprint density at radius 2 is 1.52 bits per heavy atom. The summed E-state index contributed by atoms with van der Waals surface area (Å²) in [6.07, 6.45) is 15.6. The highest BCUT2D eigenvalue weighted by atomic mass is 28.3. The Morgan fingerprint density at radius 3 is 2.13 bits per heavy atom. The molecule has 0 bridgehead atoms. The summed E-state index contributed by atoms with van der Waals surface area (Å²) in [7, 11) is -0.774. The number of hydrogen-bond acceptors (Lipinski definition) is 1. The minimum absolute atomic E-state index is 0.774. The Balaban J connectivity index is 4.06. The molecule has 1 N–H and O–H groups in total. The molecule has 0 aromatic heterocycles. The van der Waals surface area contributed by atoms with Crippen LogP contribution in [0.4, 0.5) is 0 Å². The first-order valence-corrected chi connectivity index (χ1v) is 12.8. The standard InChI is InChI=1S/C20H42N2Si/c1-5-8-10-12-14-16-21-20(19-23(4)18-7-3)22-17-15-13-11-9-6-2/h7,18,23H,5-6,8-17,19H2,1-4H3,(H,21,22). The van der Waals surface area contributed by atoms with Gasteiger partial charge in [-0.05, 0) is 19.8 Å². The minimum atomic E-state index is -0.774. The first-order chi connectivity index (χ1) is 11.2. The van der Waals surface area contributed by atoms with Crippen LogP contribution in [-0.4, -0.2) is 27.7 Å². The number of amidine groups is 1. The molecular formula is C20H42N2Si. The molecular weight excluding hydrogens is 296 g/mol. The van der Waals surface area contributed by atoms with Crippen molar-refractivity contribution in [3.05, 3.63) is 11.8 Å². The van der Waals surface area contributed by atoms with Crippen LogP contribution in [-0.2, 0) is 0 Å². The fourth-order valence-electron chi connectivity index (χ4n) is 2.78. The SMILES string of the molecule is CC=C[SiH](C)CC(=NCCCCCCC)NCCCCCCC. The summed E-state index contributed by atoms with van der Waals surface area (Å²) in [5.74, 6) is 1.29. The highest BCUT2D eigenvalue weighted by Gasteiger charge is 2.05. The number of aliphatic imine (C=N–C) groups is 1. The molecule has 0 aliphatic heterocycles. The molecule has 0 saturated heterocycles. The van der Waals surface area contributed by atoms with Crippen LogP contribution in [0.15, 0.2) is 16.8 Å². The maximum absolute atomic E-state index is 4.88. The normalized spacial score (nSPS) is 13.7. The van der Waals surface area contributed by atoms with E-state index in [0.29, 0.717) is 0 Å². The van der Waals surface area contributed by atoms with Gasteiger partial charge >= 0.3 is 0 Å². The van der Waals surface area contributed by atoms with Crippen molar-refractivity contribution in [3.8, 4) is 0 Å².